The zero-order chi connectivity index (χ0) is 25.3. The van der Waals surface area contributed by atoms with Crippen molar-refractivity contribution in [2.24, 2.45) is 0 Å². The molecule has 0 fully saturated rings. The number of halogens is 3. The lowest BCUT2D eigenvalue weighted by Crippen LogP contribution is -2.32. The average molecular weight is 533 g/mol. The summed E-state index contributed by atoms with van der Waals surface area (Å²) in [5.74, 6) is -2.04. The van der Waals surface area contributed by atoms with E-state index in [0.717, 1.165) is 4.90 Å². The normalized spacial score (nSPS) is 13.3. The molecule has 1 N–H and O–H groups in total. The SMILES string of the molecule is O=C(Oc1ccc([N+](=O)[O-])cc1)c1ccc(NC2=C(Cl)C(=O)N(c3ccc(Cl)cc3Cl)C2=O)cc1. The number of carbonyl (C=O) groups is 3. The van der Waals surface area contributed by atoms with Crippen LogP contribution in [0.4, 0.5) is 17.1 Å². The Morgan fingerprint density at radius 2 is 1.57 bits per heavy atom. The molecular weight excluding hydrogens is 521 g/mol. The smallest absolute Gasteiger partial charge is 0.343 e. The largest absolute Gasteiger partial charge is 0.423 e. The monoisotopic (exact) mass is 531 g/mol. The molecule has 1 heterocycles. The molecule has 4 rings (SSSR count). The summed E-state index contributed by atoms with van der Waals surface area (Å²) in [7, 11) is 0. The van der Waals surface area contributed by atoms with Crippen LogP contribution in [-0.4, -0.2) is 22.7 Å². The number of nitrogens with zero attached hydrogens (tertiary/aromatic N) is 2. The second kappa shape index (κ2) is 9.75. The van der Waals surface area contributed by atoms with E-state index >= 15 is 0 Å². The third-order valence-corrected chi connectivity index (χ3v) is 5.71. The van der Waals surface area contributed by atoms with Crippen molar-refractivity contribution < 1.29 is 24.0 Å². The van der Waals surface area contributed by atoms with E-state index in [1.54, 1.807) is 0 Å². The van der Waals surface area contributed by atoms with Gasteiger partial charge in [0.25, 0.3) is 17.5 Å². The molecular formula is C23H12Cl3N3O6. The van der Waals surface area contributed by atoms with Crippen LogP contribution in [0.1, 0.15) is 10.4 Å². The van der Waals surface area contributed by atoms with Crippen molar-refractivity contribution >= 4 is 69.6 Å². The highest BCUT2D eigenvalue weighted by atomic mass is 35.5. The maximum absolute atomic E-state index is 12.9. The van der Waals surface area contributed by atoms with Gasteiger partial charge < -0.3 is 10.1 Å². The molecule has 176 valence electrons. The van der Waals surface area contributed by atoms with Crippen LogP contribution in [-0.2, 0) is 9.59 Å². The molecule has 0 saturated carbocycles. The minimum atomic E-state index is -0.758. The Hall–Kier alpha value is -3.92. The van der Waals surface area contributed by atoms with Gasteiger partial charge in [-0.3, -0.25) is 19.7 Å². The van der Waals surface area contributed by atoms with Gasteiger partial charge in [-0.05, 0) is 54.6 Å². The first-order valence-electron chi connectivity index (χ1n) is 9.73. The number of nitrogens with one attached hydrogen (secondary N) is 1. The van der Waals surface area contributed by atoms with E-state index in [4.69, 9.17) is 39.5 Å². The number of amides is 2. The molecule has 2 amide bonds. The number of benzene rings is 3. The number of hydrogen-bond donors (Lipinski definition) is 1. The lowest BCUT2D eigenvalue weighted by Gasteiger charge is -2.16. The summed E-state index contributed by atoms with van der Waals surface area (Å²) in [6.45, 7) is 0. The highest BCUT2D eigenvalue weighted by Crippen LogP contribution is 2.35. The highest BCUT2D eigenvalue weighted by molar-refractivity contribution is 6.53. The molecule has 3 aromatic carbocycles. The van der Waals surface area contributed by atoms with Gasteiger partial charge in [-0.2, -0.15) is 0 Å². The van der Waals surface area contributed by atoms with Crippen LogP contribution in [0.5, 0.6) is 5.75 Å². The number of nitro groups is 1. The molecule has 0 bridgehead atoms. The van der Waals surface area contributed by atoms with Crippen molar-refractivity contribution in [2.75, 3.05) is 10.2 Å². The first-order valence-corrected chi connectivity index (χ1v) is 10.9. The Bertz CT molecular complexity index is 1410. The molecule has 0 radical (unpaired) electrons. The zero-order valence-electron chi connectivity index (χ0n) is 17.3. The molecule has 35 heavy (non-hydrogen) atoms. The molecule has 0 aliphatic carbocycles. The lowest BCUT2D eigenvalue weighted by atomic mass is 10.2. The van der Waals surface area contributed by atoms with E-state index in [0.29, 0.717) is 10.7 Å². The maximum atomic E-state index is 12.9. The van der Waals surface area contributed by atoms with Crippen LogP contribution in [0.25, 0.3) is 0 Å². The molecule has 1 aliphatic heterocycles. The van der Waals surface area contributed by atoms with Crippen LogP contribution in [0.3, 0.4) is 0 Å². The first kappa shape index (κ1) is 24.2. The van der Waals surface area contributed by atoms with Crippen LogP contribution in [0, 0.1) is 10.1 Å². The number of non-ortho nitro benzene ring substituents is 1. The Labute approximate surface area is 212 Å². The van der Waals surface area contributed by atoms with Gasteiger partial charge in [-0.15, -0.1) is 0 Å². The second-order valence-corrected chi connectivity index (χ2v) is 8.29. The summed E-state index contributed by atoms with van der Waals surface area (Å²) in [4.78, 5) is 48.9. The van der Waals surface area contributed by atoms with Gasteiger partial charge in [-0.25, -0.2) is 9.69 Å². The van der Waals surface area contributed by atoms with E-state index in [9.17, 15) is 24.5 Å². The fourth-order valence-electron chi connectivity index (χ4n) is 3.13. The van der Waals surface area contributed by atoms with Crippen molar-refractivity contribution in [3.63, 3.8) is 0 Å². The van der Waals surface area contributed by atoms with Gasteiger partial charge in [0.05, 0.1) is 21.2 Å². The van der Waals surface area contributed by atoms with E-state index in [1.807, 2.05) is 0 Å². The molecule has 0 unspecified atom stereocenters. The minimum Gasteiger partial charge on any atom is -0.423 e. The van der Waals surface area contributed by atoms with E-state index in [1.165, 1.54) is 66.7 Å². The average Bonchev–Trinajstić information content (AvgIpc) is 3.03. The van der Waals surface area contributed by atoms with Crippen LogP contribution in [0.2, 0.25) is 10.0 Å². The number of ether oxygens (including phenoxy) is 1. The third-order valence-electron chi connectivity index (χ3n) is 4.83. The topological polar surface area (TPSA) is 119 Å². The summed E-state index contributed by atoms with van der Waals surface area (Å²) >= 11 is 18.1. The third kappa shape index (κ3) is 4.97. The van der Waals surface area contributed by atoms with E-state index in [2.05, 4.69) is 5.32 Å². The first-order chi connectivity index (χ1) is 16.7. The summed E-state index contributed by atoms with van der Waals surface area (Å²) in [5.41, 5.74) is 0.381. The van der Waals surface area contributed by atoms with Crippen molar-refractivity contribution in [3.05, 3.63) is 103 Å². The highest BCUT2D eigenvalue weighted by Gasteiger charge is 2.39. The number of esters is 1. The van der Waals surface area contributed by atoms with Crippen LogP contribution >= 0.6 is 34.8 Å². The van der Waals surface area contributed by atoms with Gasteiger partial charge in [0.1, 0.15) is 16.5 Å². The summed E-state index contributed by atoms with van der Waals surface area (Å²) in [5, 5.41) is 13.6. The molecule has 9 nitrogen and oxygen atoms in total. The van der Waals surface area contributed by atoms with Crippen molar-refractivity contribution in [1.82, 2.24) is 0 Å². The zero-order valence-corrected chi connectivity index (χ0v) is 19.6. The van der Waals surface area contributed by atoms with Crippen molar-refractivity contribution in [2.45, 2.75) is 0 Å². The van der Waals surface area contributed by atoms with Gasteiger partial charge in [0.15, 0.2) is 0 Å². The summed E-state index contributed by atoms with van der Waals surface area (Å²) in [6.07, 6.45) is 0. The maximum Gasteiger partial charge on any atom is 0.343 e. The number of anilines is 2. The number of imide groups is 1. The number of carbonyl (C=O) groups excluding carboxylic acids is 3. The van der Waals surface area contributed by atoms with Gasteiger partial charge >= 0.3 is 5.97 Å². The Morgan fingerprint density at radius 1 is 0.914 bits per heavy atom. The molecule has 0 spiro atoms. The van der Waals surface area contributed by atoms with E-state index in [-0.39, 0.29) is 38.4 Å². The molecule has 12 heteroatoms. The summed E-state index contributed by atoms with van der Waals surface area (Å²) in [6, 6.07) is 15.2. The Morgan fingerprint density at radius 3 is 2.17 bits per heavy atom. The van der Waals surface area contributed by atoms with Gasteiger partial charge in [-0.1, -0.05) is 34.8 Å². The van der Waals surface area contributed by atoms with Crippen LogP contribution in [0.15, 0.2) is 77.5 Å². The summed E-state index contributed by atoms with van der Waals surface area (Å²) < 4.78 is 5.20. The molecule has 0 atom stereocenters. The standard InChI is InChI=1S/C23H12Cl3N3O6/c24-13-3-10-18(17(25)11-13)28-21(30)19(26)20(22(28)31)27-14-4-1-12(2-5-14)23(32)35-16-8-6-15(7-9-16)29(33)34/h1-11,27H. The van der Waals surface area contributed by atoms with Crippen LogP contribution < -0.4 is 15.0 Å². The number of hydrogen-bond acceptors (Lipinski definition) is 7. The number of nitro benzene ring substituents is 1. The second-order valence-electron chi connectivity index (χ2n) is 7.07. The van der Waals surface area contributed by atoms with E-state index < -0.39 is 22.7 Å². The molecule has 0 saturated heterocycles. The van der Waals surface area contributed by atoms with Crippen molar-refractivity contribution in [3.8, 4) is 5.75 Å². The molecule has 1 aliphatic rings. The fraction of sp³-hybridized carbons (Fsp3) is 0. The molecule has 3 aromatic rings. The van der Waals surface area contributed by atoms with Crippen molar-refractivity contribution in [1.29, 1.82) is 0 Å². The van der Waals surface area contributed by atoms with Gasteiger partial charge in [0, 0.05) is 22.8 Å². The Balaban J connectivity index is 1.47. The predicted molar refractivity (Wildman–Crippen MR) is 130 cm³/mol. The predicted octanol–water partition coefficient (Wildman–Crippen LogP) is 5.56. The quantitative estimate of drug-likeness (QED) is 0.145. The fourth-order valence-corrected chi connectivity index (χ4v) is 3.83. The lowest BCUT2D eigenvalue weighted by molar-refractivity contribution is -0.384. The molecule has 0 aromatic heterocycles. The number of rotatable bonds is 6. The van der Waals surface area contributed by atoms with Gasteiger partial charge in [0.2, 0.25) is 0 Å². The Kier molecular flexibility index (Phi) is 6.74. The minimum absolute atomic E-state index is 0.0980.